The smallest absolute Gasteiger partial charge is 0.410 e. The third kappa shape index (κ3) is 26.3. The van der Waals surface area contributed by atoms with Gasteiger partial charge in [-0.3, -0.25) is 28.8 Å². The number of aliphatic hydroxyl groups excluding tert-OH is 2. The minimum atomic E-state index is -3.57. The highest BCUT2D eigenvalue weighted by atomic mass is 32.2. The number of nitro benzene ring substituents is 1. The highest BCUT2D eigenvalue weighted by Gasteiger charge is 2.46. The van der Waals surface area contributed by atoms with Crippen molar-refractivity contribution in [1.82, 2.24) is 14.7 Å². The van der Waals surface area contributed by atoms with Crippen molar-refractivity contribution in [1.29, 1.82) is 0 Å². The lowest BCUT2D eigenvalue weighted by atomic mass is 9.86. The highest BCUT2D eigenvalue weighted by Crippen LogP contribution is 2.45. The van der Waals surface area contributed by atoms with E-state index >= 15 is 0 Å². The van der Waals surface area contributed by atoms with Crippen LogP contribution in [0.2, 0.25) is 0 Å². The number of nitrogens with zero attached hydrogens (tertiary/aromatic N) is 7. The van der Waals surface area contributed by atoms with Crippen LogP contribution >= 0.6 is 0 Å². The van der Waals surface area contributed by atoms with Gasteiger partial charge in [-0.05, 0) is 269 Å². The van der Waals surface area contributed by atoms with E-state index in [-0.39, 0.29) is 47.2 Å². The van der Waals surface area contributed by atoms with Crippen molar-refractivity contribution < 1.29 is 58.3 Å². The number of non-ortho nitro benzene ring substituents is 1. The largest absolute Gasteiger partial charge is 0.444 e. The zero-order valence-electron chi connectivity index (χ0n) is 73.6. The van der Waals surface area contributed by atoms with Crippen LogP contribution in [0.4, 0.5) is 33.2 Å². The average molecular weight is 1760 g/mol. The normalized spacial score (nSPS) is 17.3. The van der Waals surface area contributed by atoms with Gasteiger partial charge in [-0.2, -0.15) is 16.8 Å². The Morgan fingerprint density at radius 1 is 0.472 bits per heavy atom. The summed E-state index contributed by atoms with van der Waals surface area (Å²) in [5, 5.41) is 30.4. The topological polar surface area (TPSA) is 262 Å². The van der Waals surface area contributed by atoms with Crippen molar-refractivity contribution in [3.05, 3.63) is 297 Å². The summed E-state index contributed by atoms with van der Waals surface area (Å²) in [7, 11) is -10.5. The first-order valence-electron chi connectivity index (χ1n) is 43.6. The number of piperazine rings is 2. The Morgan fingerprint density at radius 3 is 1.20 bits per heavy atom. The van der Waals surface area contributed by atoms with Gasteiger partial charge in [0.15, 0.2) is 0 Å². The predicted molar refractivity (Wildman–Crippen MR) is 506 cm³/mol. The van der Waals surface area contributed by atoms with Gasteiger partial charge < -0.3 is 38.7 Å². The monoisotopic (exact) mass is 1750 g/mol. The van der Waals surface area contributed by atoms with E-state index in [2.05, 4.69) is 166 Å². The summed E-state index contributed by atoms with van der Waals surface area (Å²) in [5.74, 6) is 0.336. The Labute approximate surface area is 740 Å². The second-order valence-corrected chi connectivity index (χ2v) is 39.9. The van der Waals surface area contributed by atoms with Gasteiger partial charge in [0.2, 0.25) is 10.0 Å². The summed E-state index contributed by atoms with van der Waals surface area (Å²) in [6.07, 6.45) is 9.01. The number of sulfonamides is 1. The molecule has 0 aromatic heterocycles. The third-order valence-electron chi connectivity index (χ3n) is 23.6. The van der Waals surface area contributed by atoms with E-state index in [0.717, 1.165) is 193 Å². The number of aliphatic hydroxyl groups is 2. The van der Waals surface area contributed by atoms with Crippen molar-refractivity contribution in [2.24, 2.45) is 5.41 Å². The zero-order chi connectivity index (χ0) is 89.1. The molecule has 9 aromatic rings. The van der Waals surface area contributed by atoms with Crippen LogP contribution in [0.15, 0.2) is 237 Å². The molecule has 125 heavy (non-hydrogen) atoms. The number of hydrogen-bond donors (Lipinski definition) is 3. The standard InChI is InChI=1S/C35H41N3O5.C33H40N2O4S.C32H41N3O5S2/c1-34(2,3)43-33(40)37-22-20-35(25-37)19-21-36(24-35)29-15-11-27(12-16-29)32(28-13-17-30(18-14-28)38(41)42)31(10-7-23-39)26-8-5-4-6-9-26;1-25(2)34-20-22-35(23-21-34)29-14-10-27(11-15-29)33(32(9-6-24-36)26-7-4-3-5-8-26)28-12-16-30(17-13-28)39-40(37,38)31-18-19-31;1-25(2)34-20-22-35(23-21-34)30-18-14-28(15-19-30)32(27-12-16-29(17-13-27)33-41(3,36)37)31(26-9-6-5-7-10-26)11-8-24-40-42(4,38)39/h4-6,8-9,11-18,39H,7,10,19-25H2,1-3H3;3-5,7-8,10-17,25,31,36H,6,9,18-24H2,1-2H3;5-7,9-10,12-19,25,33H,8,11,20-24H2,1-4H3/b32-31+;33-32+;32-31-. The molecule has 4 aliphatic heterocycles. The first-order valence-corrected chi connectivity index (χ1v) is 48.8. The van der Waals surface area contributed by atoms with Crippen molar-refractivity contribution >= 4 is 98.2 Å². The van der Waals surface area contributed by atoms with Crippen molar-refractivity contribution in [3.8, 4) is 5.75 Å². The van der Waals surface area contributed by atoms with Gasteiger partial charge in [-0.15, -0.1) is 0 Å². The van der Waals surface area contributed by atoms with Crippen molar-refractivity contribution in [2.75, 3.05) is 130 Å². The molecule has 4 saturated heterocycles. The van der Waals surface area contributed by atoms with Gasteiger partial charge in [0.25, 0.3) is 15.8 Å². The van der Waals surface area contributed by atoms with Crippen LogP contribution in [0.3, 0.4) is 0 Å². The number of carbonyl (C=O) groups is 1. The van der Waals surface area contributed by atoms with Crippen LogP contribution in [0.25, 0.3) is 33.4 Å². The molecular formula is C100H122N8O14S3. The van der Waals surface area contributed by atoms with Gasteiger partial charge in [0.05, 0.1) is 29.3 Å². The molecule has 9 aromatic carbocycles. The SMILES string of the molecule is CC(C)(C)OC(=O)N1CCC2(CCN(c3ccc(/C(=C(/CCCO)c4ccccc4)c4ccc([N+](=O)[O-])cc4)cc3)C2)C1.CC(C)N1CCN(c2ccc(/C(=C(/CCCO)c3ccccc3)c3ccc(OS(=O)(=O)C4CC4)cc3)cc2)CC1.CC(C)N1CCN(c2ccc(/C(=C(/CCCOS(C)(=O)=O)c3ccccc3)c3ccc(NS(C)(=O)=O)cc3)cc2)CC1. The molecule has 5 fully saturated rings. The number of likely N-dealkylation sites (tertiary alicyclic amines) is 1. The fourth-order valence-corrected chi connectivity index (χ4v) is 19.2. The number of amides is 1. The van der Waals surface area contributed by atoms with Crippen LogP contribution in [0.1, 0.15) is 163 Å². The molecule has 25 heteroatoms. The lowest BCUT2D eigenvalue weighted by Gasteiger charge is -2.38. The molecule has 0 bridgehead atoms. The molecule has 1 spiro atoms. The second kappa shape index (κ2) is 42.7. The molecule has 1 unspecified atom stereocenters. The number of nitro groups is 1. The third-order valence-corrected chi connectivity index (χ3v) is 26.5. The first kappa shape index (κ1) is 93.7. The molecule has 1 amide bonds. The molecular weight excluding hydrogens is 1630 g/mol. The van der Waals surface area contributed by atoms with Crippen LogP contribution in [-0.2, 0) is 39.2 Å². The highest BCUT2D eigenvalue weighted by molar-refractivity contribution is 7.92. The molecule has 5 aliphatic rings. The van der Waals surface area contributed by atoms with Crippen LogP contribution in [0.5, 0.6) is 5.75 Å². The van der Waals surface area contributed by atoms with Crippen molar-refractivity contribution in [3.63, 3.8) is 0 Å². The maximum Gasteiger partial charge on any atom is 0.410 e. The predicted octanol–water partition coefficient (Wildman–Crippen LogP) is 18.3. The van der Waals surface area contributed by atoms with E-state index < -0.39 is 35.9 Å². The lowest BCUT2D eigenvalue weighted by Crippen LogP contribution is -2.48. The number of rotatable bonds is 31. The van der Waals surface area contributed by atoms with E-state index in [1.807, 2.05) is 117 Å². The Hall–Kier alpha value is -10.5. The number of carbonyl (C=O) groups excluding carboxylic acids is 1. The Kier molecular flexibility index (Phi) is 32.0. The van der Waals surface area contributed by atoms with Gasteiger partial charge in [-0.25, -0.2) is 13.2 Å². The van der Waals surface area contributed by atoms with Crippen LogP contribution < -0.4 is 23.6 Å². The van der Waals surface area contributed by atoms with E-state index in [1.165, 1.54) is 11.4 Å². The maximum absolute atomic E-state index is 12.7. The molecule has 4 heterocycles. The van der Waals surface area contributed by atoms with Crippen LogP contribution in [-0.4, -0.2) is 195 Å². The zero-order valence-corrected chi connectivity index (χ0v) is 76.0. The summed E-state index contributed by atoms with van der Waals surface area (Å²) in [6, 6.07) is 78.9. The van der Waals surface area contributed by atoms with Crippen molar-refractivity contribution in [2.45, 2.75) is 136 Å². The molecule has 1 aliphatic carbocycles. The molecule has 3 N–H and O–H groups in total. The van der Waals surface area contributed by atoms with Gasteiger partial charge in [-0.1, -0.05) is 152 Å². The molecule has 1 saturated carbocycles. The van der Waals surface area contributed by atoms with E-state index in [4.69, 9.17) is 13.1 Å². The second-order valence-electron chi connectivity index (χ2n) is 34.7. The molecule has 14 rings (SSSR count). The summed E-state index contributed by atoms with van der Waals surface area (Å²) >= 11 is 0. The Bertz CT molecular complexity index is 5510. The summed E-state index contributed by atoms with van der Waals surface area (Å²) < 4.78 is 90.1. The number of allylic oxidation sites excluding steroid dienone is 3. The fourth-order valence-electron chi connectivity index (χ4n) is 17.0. The number of hydrogen-bond acceptors (Lipinski definition) is 19. The maximum atomic E-state index is 12.7. The number of benzene rings is 9. The number of nitrogens with one attached hydrogen (secondary N) is 1. The van der Waals surface area contributed by atoms with Gasteiger partial charge in [0.1, 0.15) is 11.4 Å². The summed E-state index contributed by atoms with van der Waals surface area (Å²) in [4.78, 5) is 37.8. The van der Waals surface area contributed by atoms with E-state index in [0.29, 0.717) is 74.9 Å². The molecule has 664 valence electrons. The minimum absolute atomic E-state index is 0.0511. The van der Waals surface area contributed by atoms with E-state index in [9.17, 15) is 50.4 Å². The fraction of sp³-hybridized carbons (Fsp3) is 0.390. The molecule has 1 atom stereocenters. The summed E-state index contributed by atoms with van der Waals surface area (Å²) in [5.41, 5.74) is 19.1. The molecule has 0 radical (unpaired) electrons. The first-order chi connectivity index (χ1) is 59.8. The average Bonchev–Trinajstić information content (AvgIpc) is 1.62. The van der Waals surface area contributed by atoms with Crippen LogP contribution in [0, 0.1) is 15.5 Å². The van der Waals surface area contributed by atoms with E-state index in [1.54, 1.807) is 36.4 Å². The number of ether oxygens (including phenoxy) is 1. The number of anilines is 4. The summed E-state index contributed by atoms with van der Waals surface area (Å²) in [6.45, 7) is 26.4. The Morgan fingerprint density at radius 2 is 0.840 bits per heavy atom. The Balaban J connectivity index is 0.000000171. The quantitative estimate of drug-likeness (QED) is 0.0120. The minimum Gasteiger partial charge on any atom is -0.444 e. The van der Waals surface area contributed by atoms with Gasteiger partial charge >= 0.3 is 16.2 Å². The van der Waals surface area contributed by atoms with Gasteiger partial charge in [0, 0.05) is 144 Å². The lowest BCUT2D eigenvalue weighted by molar-refractivity contribution is -0.384. The molecule has 22 nitrogen and oxygen atoms in total.